The van der Waals surface area contributed by atoms with Crippen molar-refractivity contribution in [3.63, 3.8) is 0 Å². The molecule has 14 heavy (non-hydrogen) atoms. The molecule has 2 aromatic heterocycles. The van der Waals surface area contributed by atoms with Crippen LogP contribution in [0.25, 0.3) is 10.8 Å². The van der Waals surface area contributed by atoms with Crippen LogP contribution in [-0.4, -0.2) is 26.7 Å². The SMILES string of the molecule is CC(CN)c1csc(-c2ncn[nH]2)n1. The highest BCUT2D eigenvalue weighted by Gasteiger charge is 2.10. The van der Waals surface area contributed by atoms with Crippen molar-refractivity contribution in [1.82, 2.24) is 20.2 Å². The van der Waals surface area contributed by atoms with E-state index in [9.17, 15) is 0 Å². The lowest BCUT2D eigenvalue weighted by atomic mass is 10.1. The second-order valence-electron chi connectivity index (χ2n) is 3.05. The molecule has 1 unspecified atom stereocenters. The van der Waals surface area contributed by atoms with E-state index in [2.05, 4.69) is 27.1 Å². The first-order chi connectivity index (χ1) is 6.81. The smallest absolute Gasteiger partial charge is 0.184 e. The summed E-state index contributed by atoms with van der Waals surface area (Å²) in [6.07, 6.45) is 1.47. The summed E-state index contributed by atoms with van der Waals surface area (Å²) in [4.78, 5) is 8.46. The van der Waals surface area contributed by atoms with Gasteiger partial charge in [-0.15, -0.1) is 11.3 Å². The van der Waals surface area contributed by atoms with Gasteiger partial charge in [-0.05, 0) is 0 Å². The first-order valence-corrected chi connectivity index (χ1v) is 5.20. The zero-order chi connectivity index (χ0) is 9.97. The molecule has 1 atom stereocenters. The summed E-state index contributed by atoms with van der Waals surface area (Å²) in [7, 11) is 0. The fourth-order valence-electron chi connectivity index (χ4n) is 1.05. The van der Waals surface area contributed by atoms with Crippen LogP contribution >= 0.6 is 11.3 Å². The summed E-state index contributed by atoms with van der Waals surface area (Å²) in [6.45, 7) is 2.67. The van der Waals surface area contributed by atoms with E-state index in [1.54, 1.807) is 11.3 Å². The second-order valence-corrected chi connectivity index (χ2v) is 3.91. The Hall–Kier alpha value is -1.27. The zero-order valence-electron chi connectivity index (χ0n) is 7.77. The van der Waals surface area contributed by atoms with E-state index in [1.165, 1.54) is 6.33 Å². The molecule has 0 amide bonds. The monoisotopic (exact) mass is 209 g/mol. The van der Waals surface area contributed by atoms with Gasteiger partial charge in [-0.2, -0.15) is 5.10 Å². The molecule has 0 bridgehead atoms. The van der Waals surface area contributed by atoms with E-state index in [0.29, 0.717) is 18.3 Å². The Morgan fingerprint density at radius 2 is 2.50 bits per heavy atom. The number of thiazole rings is 1. The predicted molar refractivity (Wildman–Crippen MR) is 55.0 cm³/mol. The van der Waals surface area contributed by atoms with E-state index < -0.39 is 0 Å². The average Bonchev–Trinajstić information content (AvgIpc) is 2.86. The second kappa shape index (κ2) is 3.85. The number of rotatable bonds is 3. The molecule has 0 spiro atoms. The van der Waals surface area contributed by atoms with E-state index in [-0.39, 0.29) is 0 Å². The fourth-order valence-corrected chi connectivity index (χ4v) is 1.94. The van der Waals surface area contributed by atoms with Crippen LogP contribution in [0.4, 0.5) is 0 Å². The van der Waals surface area contributed by atoms with Crippen LogP contribution < -0.4 is 5.73 Å². The lowest BCUT2D eigenvalue weighted by Gasteiger charge is -2.01. The number of aromatic nitrogens is 4. The molecule has 0 radical (unpaired) electrons. The predicted octanol–water partition coefficient (Wildman–Crippen LogP) is 0.990. The lowest BCUT2D eigenvalue weighted by molar-refractivity contribution is 0.752. The van der Waals surface area contributed by atoms with Crippen LogP contribution in [0.2, 0.25) is 0 Å². The molecular weight excluding hydrogens is 198 g/mol. The molecule has 2 aromatic rings. The Balaban J connectivity index is 2.26. The van der Waals surface area contributed by atoms with Crippen LogP contribution in [0.15, 0.2) is 11.7 Å². The highest BCUT2D eigenvalue weighted by Crippen LogP contribution is 2.23. The minimum absolute atomic E-state index is 0.294. The first-order valence-electron chi connectivity index (χ1n) is 4.32. The van der Waals surface area contributed by atoms with Crippen LogP contribution in [0.3, 0.4) is 0 Å². The molecule has 0 saturated carbocycles. The topological polar surface area (TPSA) is 80.5 Å². The van der Waals surface area contributed by atoms with Crippen LogP contribution in [-0.2, 0) is 0 Å². The van der Waals surface area contributed by atoms with Crippen molar-refractivity contribution in [3.8, 4) is 10.8 Å². The molecule has 74 valence electrons. The number of nitrogens with zero attached hydrogens (tertiary/aromatic N) is 3. The summed E-state index contributed by atoms with van der Waals surface area (Å²) < 4.78 is 0. The van der Waals surface area contributed by atoms with Gasteiger partial charge in [0.2, 0.25) is 0 Å². The molecule has 0 aliphatic heterocycles. The summed E-state index contributed by atoms with van der Waals surface area (Å²) in [5.41, 5.74) is 6.58. The van der Waals surface area contributed by atoms with Gasteiger partial charge in [-0.3, -0.25) is 5.10 Å². The molecular formula is C8H11N5S. The van der Waals surface area contributed by atoms with Crippen molar-refractivity contribution in [2.75, 3.05) is 6.54 Å². The van der Waals surface area contributed by atoms with Gasteiger partial charge in [0.25, 0.3) is 0 Å². The lowest BCUT2D eigenvalue weighted by Crippen LogP contribution is -2.08. The maximum absolute atomic E-state index is 5.56. The van der Waals surface area contributed by atoms with Gasteiger partial charge in [-0.25, -0.2) is 9.97 Å². The molecule has 0 aliphatic carbocycles. The molecule has 0 aromatic carbocycles. The highest BCUT2D eigenvalue weighted by atomic mass is 32.1. The molecule has 0 saturated heterocycles. The Bertz CT molecular complexity index is 394. The third kappa shape index (κ3) is 1.66. The summed E-state index contributed by atoms with van der Waals surface area (Å²) in [5.74, 6) is 1.01. The zero-order valence-corrected chi connectivity index (χ0v) is 8.58. The first kappa shape index (κ1) is 9.29. The average molecular weight is 209 g/mol. The minimum Gasteiger partial charge on any atom is -0.330 e. The van der Waals surface area contributed by atoms with Crippen LogP contribution in [0, 0.1) is 0 Å². The fraction of sp³-hybridized carbons (Fsp3) is 0.375. The van der Waals surface area contributed by atoms with Crippen LogP contribution in [0.1, 0.15) is 18.5 Å². The molecule has 0 aliphatic rings. The molecule has 0 fully saturated rings. The van der Waals surface area contributed by atoms with Gasteiger partial charge in [-0.1, -0.05) is 6.92 Å². The van der Waals surface area contributed by atoms with E-state index in [4.69, 9.17) is 5.73 Å². The van der Waals surface area contributed by atoms with Crippen molar-refractivity contribution in [3.05, 3.63) is 17.4 Å². The summed E-state index contributed by atoms with van der Waals surface area (Å²) in [5, 5.41) is 9.43. The van der Waals surface area contributed by atoms with Crippen LogP contribution in [0.5, 0.6) is 0 Å². The number of hydrogen-bond acceptors (Lipinski definition) is 5. The largest absolute Gasteiger partial charge is 0.330 e. The van der Waals surface area contributed by atoms with E-state index in [0.717, 1.165) is 10.7 Å². The van der Waals surface area contributed by atoms with Gasteiger partial charge in [0.15, 0.2) is 10.8 Å². The van der Waals surface area contributed by atoms with E-state index >= 15 is 0 Å². The van der Waals surface area contributed by atoms with Gasteiger partial charge < -0.3 is 5.73 Å². The van der Waals surface area contributed by atoms with Crippen molar-refractivity contribution in [1.29, 1.82) is 0 Å². The Morgan fingerprint density at radius 1 is 1.64 bits per heavy atom. The number of nitrogens with one attached hydrogen (secondary N) is 1. The summed E-state index contributed by atoms with van der Waals surface area (Å²) in [6, 6.07) is 0. The van der Waals surface area contributed by atoms with Crippen molar-refractivity contribution in [2.24, 2.45) is 5.73 Å². The number of hydrogen-bond donors (Lipinski definition) is 2. The molecule has 5 nitrogen and oxygen atoms in total. The summed E-state index contributed by atoms with van der Waals surface area (Å²) >= 11 is 1.55. The number of nitrogens with two attached hydrogens (primary N) is 1. The van der Waals surface area contributed by atoms with Gasteiger partial charge >= 0.3 is 0 Å². The Morgan fingerprint density at radius 3 is 3.14 bits per heavy atom. The van der Waals surface area contributed by atoms with Crippen molar-refractivity contribution >= 4 is 11.3 Å². The maximum atomic E-state index is 5.56. The molecule has 6 heteroatoms. The molecule has 3 N–H and O–H groups in total. The minimum atomic E-state index is 0.294. The van der Waals surface area contributed by atoms with E-state index in [1.807, 2.05) is 5.38 Å². The third-order valence-electron chi connectivity index (χ3n) is 2.00. The standard InChI is InChI=1S/C8H11N5S/c1-5(2-9)6-3-14-8(12-6)7-10-4-11-13-7/h3-5H,2,9H2,1H3,(H,10,11,13). The number of aromatic amines is 1. The molecule has 2 heterocycles. The Kier molecular flexibility index (Phi) is 2.55. The van der Waals surface area contributed by atoms with Gasteiger partial charge in [0, 0.05) is 17.8 Å². The third-order valence-corrected chi connectivity index (χ3v) is 2.87. The number of H-pyrrole nitrogens is 1. The quantitative estimate of drug-likeness (QED) is 0.790. The van der Waals surface area contributed by atoms with Crippen molar-refractivity contribution < 1.29 is 0 Å². The maximum Gasteiger partial charge on any atom is 0.184 e. The highest BCUT2D eigenvalue weighted by molar-refractivity contribution is 7.13. The normalized spacial score (nSPS) is 13.0. The van der Waals surface area contributed by atoms with Gasteiger partial charge in [0.05, 0.1) is 5.69 Å². The molecule has 2 rings (SSSR count). The van der Waals surface area contributed by atoms with Gasteiger partial charge in [0.1, 0.15) is 6.33 Å². The van der Waals surface area contributed by atoms with Crippen molar-refractivity contribution in [2.45, 2.75) is 12.8 Å². The Labute approximate surface area is 85.4 Å².